The molecule has 0 bridgehead atoms. The van der Waals surface area contributed by atoms with Crippen LogP contribution in [0.3, 0.4) is 0 Å². The molecule has 0 fully saturated rings. The Balaban J connectivity index is 2.29. The maximum atomic E-state index is 9.77. The van der Waals surface area contributed by atoms with Crippen molar-refractivity contribution in [3.63, 3.8) is 0 Å². The summed E-state index contributed by atoms with van der Waals surface area (Å²) in [5.74, 6) is 0.969. The van der Waals surface area contributed by atoms with Crippen LogP contribution in [0.2, 0.25) is 0 Å². The van der Waals surface area contributed by atoms with E-state index in [1.165, 1.54) is 0 Å². The summed E-state index contributed by atoms with van der Waals surface area (Å²) >= 11 is 13.8. The smallest absolute Gasteiger partial charge is 0.148 e. The van der Waals surface area contributed by atoms with Crippen LogP contribution < -0.4 is 4.74 Å². The Morgan fingerprint density at radius 1 is 0.909 bits per heavy atom. The van der Waals surface area contributed by atoms with E-state index in [-0.39, 0.29) is 5.75 Å². The van der Waals surface area contributed by atoms with Gasteiger partial charge in [0.1, 0.15) is 18.1 Å². The summed E-state index contributed by atoms with van der Waals surface area (Å²) < 4.78 is 8.72. The lowest BCUT2D eigenvalue weighted by molar-refractivity contribution is 0.358. The summed E-state index contributed by atoms with van der Waals surface area (Å²) in [6.07, 6.45) is 2.44. The van der Waals surface area contributed by atoms with Gasteiger partial charge in [-0.3, -0.25) is 0 Å². The van der Waals surface area contributed by atoms with E-state index < -0.39 is 0 Å². The van der Waals surface area contributed by atoms with Gasteiger partial charge in [-0.05, 0) is 106 Å². The monoisotopic (exact) mass is 552 g/mol. The number of phenols is 1. The first-order chi connectivity index (χ1) is 10.4. The summed E-state index contributed by atoms with van der Waals surface area (Å²) in [4.78, 5) is 0. The van der Waals surface area contributed by atoms with Crippen LogP contribution in [-0.2, 0) is 6.42 Å². The van der Waals surface area contributed by atoms with Gasteiger partial charge in [-0.2, -0.15) is 0 Å². The maximum absolute atomic E-state index is 9.77. The number of ether oxygens (including phenoxy) is 1. The second kappa shape index (κ2) is 7.99. The highest BCUT2D eigenvalue weighted by Crippen LogP contribution is 2.37. The number of halogens is 4. The highest BCUT2D eigenvalue weighted by atomic mass is 79.9. The predicted octanol–water partition coefficient (Wildman–Crippen LogP) is 6.60. The van der Waals surface area contributed by atoms with Crippen molar-refractivity contribution in [2.75, 3.05) is 6.61 Å². The van der Waals surface area contributed by atoms with Crippen LogP contribution in [0.5, 0.6) is 11.5 Å². The third-order valence-electron chi connectivity index (χ3n) is 2.89. The Bertz CT molecular complexity index is 667. The molecule has 0 heterocycles. The number of benzene rings is 2. The van der Waals surface area contributed by atoms with Crippen molar-refractivity contribution in [1.29, 1.82) is 0 Å². The van der Waals surface area contributed by atoms with Gasteiger partial charge in [-0.25, -0.2) is 0 Å². The van der Waals surface area contributed by atoms with Gasteiger partial charge in [0.05, 0.1) is 17.9 Å². The zero-order chi connectivity index (χ0) is 16.3. The van der Waals surface area contributed by atoms with Gasteiger partial charge in [0.2, 0.25) is 0 Å². The summed E-state index contributed by atoms with van der Waals surface area (Å²) in [6.45, 7) is 4.10. The second-order valence-corrected chi connectivity index (χ2v) is 7.99. The lowest BCUT2D eigenvalue weighted by atomic mass is 10.0. The molecule has 0 aliphatic rings. The minimum absolute atomic E-state index is 0.208. The number of rotatable bonds is 5. The van der Waals surface area contributed by atoms with E-state index in [2.05, 4.69) is 70.3 Å². The first-order valence-corrected chi connectivity index (χ1v) is 9.48. The molecule has 2 rings (SSSR count). The van der Waals surface area contributed by atoms with Crippen LogP contribution in [0, 0.1) is 0 Å². The van der Waals surface area contributed by atoms with Crippen molar-refractivity contribution in [3.8, 4) is 11.5 Å². The average molecular weight is 556 g/mol. The van der Waals surface area contributed by atoms with Crippen LogP contribution in [0.25, 0.3) is 0 Å². The highest BCUT2D eigenvalue weighted by molar-refractivity contribution is 9.11. The van der Waals surface area contributed by atoms with Gasteiger partial charge >= 0.3 is 0 Å². The van der Waals surface area contributed by atoms with E-state index in [1.807, 2.05) is 24.3 Å². The third kappa shape index (κ3) is 4.37. The van der Waals surface area contributed by atoms with Crippen molar-refractivity contribution in [2.24, 2.45) is 0 Å². The zero-order valence-electron chi connectivity index (χ0n) is 11.4. The molecule has 2 aromatic carbocycles. The summed E-state index contributed by atoms with van der Waals surface area (Å²) in [6, 6.07) is 7.86. The molecule has 0 atom stereocenters. The topological polar surface area (TPSA) is 29.5 Å². The molecule has 0 aliphatic carbocycles. The van der Waals surface area contributed by atoms with E-state index >= 15 is 0 Å². The molecule has 22 heavy (non-hydrogen) atoms. The molecule has 0 radical (unpaired) electrons. The Morgan fingerprint density at radius 3 is 1.82 bits per heavy atom. The van der Waals surface area contributed by atoms with Gasteiger partial charge in [0, 0.05) is 0 Å². The molecule has 2 nitrogen and oxygen atoms in total. The number of aromatic hydroxyl groups is 1. The Morgan fingerprint density at radius 2 is 1.36 bits per heavy atom. The van der Waals surface area contributed by atoms with Crippen LogP contribution >= 0.6 is 63.7 Å². The van der Waals surface area contributed by atoms with Crippen molar-refractivity contribution >= 4 is 63.7 Å². The van der Waals surface area contributed by atoms with Gasteiger partial charge in [-0.15, -0.1) is 0 Å². The molecular formula is C16H12Br4O2. The van der Waals surface area contributed by atoms with E-state index in [9.17, 15) is 5.11 Å². The largest absolute Gasteiger partial charge is 0.506 e. The van der Waals surface area contributed by atoms with Crippen LogP contribution in [0.1, 0.15) is 11.1 Å². The lowest BCUT2D eigenvalue weighted by Crippen LogP contribution is -1.97. The summed E-state index contributed by atoms with van der Waals surface area (Å²) in [5.41, 5.74) is 2.20. The van der Waals surface area contributed by atoms with Gasteiger partial charge in [-0.1, -0.05) is 12.7 Å². The maximum Gasteiger partial charge on any atom is 0.148 e. The summed E-state index contributed by atoms with van der Waals surface area (Å²) in [7, 11) is 0. The van der Waals surface area contributed by atoms with Crippen LogP contribution in [0.4, 0.5) is 0 Å². The molecule has 0 unspecified atom stereocenters. The quantitative estimate of drug-likeness (QED) is 0.422. The Kier molecular flexibility index (Phi) is 6.56. The molecule has 0 amide bonds. The molecule has 0 aliphatic heterocycles. The van der Waals surface area contributed by atoms with E-state index in [0.717, 1.165) is 32.2 Å². The number of hydrogen-bond donors (Lipinski definition) is 1. The standard InChI is InChI=1S/C16H12Br4O2/c1-2-3-22-16-13(19)7-10(8-14(16)20)4-9-5-11(17)15(21)12(18)6-9/h2,5-8,21H,1,3-4H2. The normalized spacial score (nSPS) is 10.5. The first-order valence-electron chi connectivity index (χ1n) is 6.31. The van der Waals surface area contributed by atoms with Crippen LogP contribution in [0.15, 0.2) is 54.8 Å². The predicted molar refractivity (Wildman–Crippen MR) is 104 cm³/mol. The van der Waals surface area contributed by atoms with E-state index in [4.69, 9.17) is 4.74 Å². The molecule has 0 saturated carbocycles. The van der Waals surface area contributed by atoms with Gasteiger partial charge in [0.15, 0.2) is 0 Å². The zero-order valence-corrected chi connectivity index (χ0v) is 17.7. The molecule has 116 valence electrons. The fourth-order valence-electron chi connectivity index (χ4n) is 1.95. The molecule has 0 spiro atoms. The average Bonchev–Trinajstić information content (AvgIpc) is 2.44. The van der Waals surface area contributed by atoms with Crippen LogP contribution in [-0.4, -0.2) is 11.7 Å². The van der Waals surface area contributed by atoms with Crippen molar-refractivity contribution in [1.82, 2.24) is 0 Å². The SMILES string of the molecule is C=CCOc1c(Br)cc(Cc2cc(Br)c(O)c(Br)c2)cc1Br. The Hall–Kier alpha value is -0.300. The first kappa shape index (κ1) is 18.0. The molecule has 2 aromatic rings. The molecular weight excluding hydrogens is 544 g/mol. The van der Waals surface area contributed by atoms with Crippen molar-refractivity contribution in [2.45, 2.75) is 6.42 Å². The fourth-order valence-corrected chi connectivity index (χ4v) is 4.74. The molecule has 6 heteroatoms. The minimum atomic E-state index is 0.208. The Labute approximate surface area is 163 Å². The fraction of sp³-hybridized carbons (Fsp3) is 0.125. The third-order valence-corrected chi connectivity index (χ3v) is 5.28. The molecule has 0 aromatic heterocycles. The molecule has 0 saturated heterocycles. The van der Waals surface area contributed by atoms with Gasteiger partial charge < -0.3 is 9.84 Å². The van der Waals surface area contributed by atoms with Crippen molar-refractivity contribution in [3.05, 3.63) is 65.9 Å². The van der Waals surface area contributed by atoms with Gasteiger partial charge in [0.25, 0.3) is 0 Å². The summed E-state index contributed by atoms with van der Waals surface area (Å²) in [5, 5.41) is 9.77. The second-order valence-electron chi connectivity index (χ2n) is 4.57. The lowest BCUT2D eigenvalue weighted by Gasteiger charge is -2.12. The van der Waals surface area contributed by atoms with Crippen molar-refractivity contribution < 1.29 is 9.84 Å². The molecule has 1 N–H and O–H groups in total. The van der Waals surface area contributed by atoms with E-state index in [0.29, 0.717) is 15.6 Å². The van der Waals surface area contributed by atoms with E-state index in [1.54, 1.807) is 6.08 Å². The highest BCUT2D eigenvalue weighted by Gasteiger charge is 2.11. The number of phenolic OH excluding ortho intramolecular Hbond substituents is 1. The minimum Gasteiger partial charge on any atom is -0.506 e. The number of hydrogen-bond acceptors (Lipinski definition) is 2.